The van der Waals surface area contributed by atoms with Gasteiger partial charge in [0.05, 0.1) is 12.8 Å². The van der Waals surface area contributed by atoms with Crippen LogP contribution in [0.3, 0.4) is 0 Å². The molecule has 33 heavy (non-hydrogen) atoms. The van der Waals surface area contributed by atoms with Gasteiger partial charge in [0, 0.05) is 6.92 Å². The van der Waals surface area contributed by atoms with Gasteiger partial charge in [0.1, 0.15) is 0 Å². The Morgan fingerprint density at radius 2 is 1.27 bits per heavy atom. The summed E-state index contributed by atoms with van der Waals surface area (Å²) < 4.78 is 50.2. The zero-order valence-corrected chi connectivity index (χ0v) is 33.3. The predicted molar refractivity (Wildman–Crippen MR) is 84.1 cm³/mol. The molecule has 0 aliphatic heterocycles. The molecule has 0 fully saturated rings. The molecule has 0 saturated carbocycles. The molecule has 6 N–H and O–H groups in total. The van der Waals surface area contributed by atoms with Crippen LogP contribution in [-0.2, 0) is 43.2 Å². The number of carboxylic acids is 2. The van der Waals surface area contributed by atoms with Crippen LogP contribution in [0.1, 0.15) is 26.9 Å². The molecule has 0 bridgehead atoms. The Hall–Kier alpha value is 4.71. The molecule has 2 atom stereocenters. The number of carboxylic acid groups (broad SMARTS) is 2. The molecule has 0 aromatic heterocycles. The Labute approximate surface area is 351 Å². The number of halogens is 2. The van der Waals surface area contributed by atoms with E-state index in [1.54, 1.807) is 0 Å². The first-order valence-corrected chi connectivity index (χ1v) is 8.40. The van der Waals surface area contributed by atoms with Crippen molar-refractivity contribution in [2.45, 2.75) is 25.4 Å². The monoisotopic (exact) mass is 626 g/mol. The third kappa shape index (κ3) is 46.9. The Morgan fingerprint density at radius 3 is 1.48 bits per heavy atom. The molecule has 0 aliphatic rings. The van der Waals surface area contributed by atoms with Crippen molar-refractivity contribution in [1.29, 1.82) is 0 Å². The fourth-order valence-electron chi connectivity index (χ4n) is 1.04. The third-order valence-corrected chi connectivity index (χ3v) is 2.66. The number of aliphatic carboxylic acids is 2. The van der Waals surface area contributed by atoms with Gasteiger partial charge in [-0.15, -0.1) is 12.4 Å². The first kappa shape index (κ1) is 66.2. The zero-order chi connectivity index (χ0) is 20.6. The average Bonchev–Trinajstić information content (AvgIpc) is 2.20. The number of hydrogen-bond acceptors (Lipinski definition) is 10. The van der Waals surface area contributed by atoms with E-state index in [1.165, 1.54) is 0 Å². The normalized spacial score (nSPS) is 11.7. The molecule has 2 unspecified atom stereocenters. The quantitative estimate of drug-likeness (QED) is 0.0870. The van der Waals surface area contributed by atoms with E-state index in [0.717, 1.165) is 6.92 Å². The Kier molecular flexibility index (Phi) is 62.7. The molecular weight excluding hydrogens is 608 g/mol. The molecule has 0 spiro atoms. The third-order valence-electron chi connectivity index (χ3n) is 1.74. The van der Waals surface area contributed by atoms with Crippen LogP contribution in [0.15, 0.2) is 0 Å². The van der Waals surface area contributed by atoms with Crippen LogP contribution in [-0.4, -0.2) is 67.2 Å². The topological polar surface area (TPSA) is 259 Å². The van der Waals surface area contributed by atoms with Crippen LogP contribution >= 0.6 is 20.2 Å². The molecule has 0 aliphatic carbocycles. The second kappa shape index (κ2) is 31.2. The molecule has 0 aromatic rings. The summed E-state index contributed by atoms with van der Waals surface area (Å²) in [5.74, 6) is -6.75. The number of hydrogen-bond donors (Lipinski definition) is 6. The molecule has 0 heterocycles. The van der Waals surface area contributed by atoms with E-state index < -0.39 is 60.5 Å². The van der Waals surface area contributed by atoms with Gasteiger partial charge in [-0.2, -0.15) is 8.42 Å². The van der Waals surface area contributed by atoms with E-state index in [0.29, 0.717) is 0 Å². The fourth-order valence-corrected chi connectivity index (χ4v) is 1.73. The standard InChI is InChI=1S/C8H11O11P.2ClH.K.Li.4Na.H2O4S.5H/c1-4(9)18-20(16,17)19-6(12)3-8(15,7(13)14)2-5(10)11;;;;;;;;;1-5(2,3)4;;;;;/h15H,2-3H2,1H3,(H,10,11)(H,13,14)(H,16,17);2*1H;;;;;;;(H2,1,2,3,4);;;;;/q;;;6*+1;;5*-1/p-1. The van der Waals surface area contributed by atoms with Gasteiger partial charge in [0.25, 0.3) is 0 Å². The summed E-state index contributed by atoms with van der Waals surface area (Å²) in [7, 11) is -9.77. The zero-order valence-electron chi connectivity index (χ0n) is 23.9. The van der Waals surface area contributed by atoms with Crippen LogP contribution in [0.25, 0.3) is 0 Å². The van der Waals surface area contributed by atoms with Gasteiger partial charge in [-0.1, -0.05) is 0 Å². The molecule has 0 aromatic carbocycles. The second-order valence-corrected chi connectivity index (χ2v) is 6.24. The van der Waals surface area contributed by atoms with Gasteiger partial charge >= 0.3 is 231 Å². The first-order chi connectivity index (χ1) is 10.9. The van der Waals surface area contributed by atoms with Crippen molar-refractivity contribution in [3.63, 3.8) is 0 Å². The summed E-state index contributed by atoms with van der Waals surface area (Å²) in [4.78, 5) is 51.6. The van der Waals surface area contributed by atoms with Crippen LogP contribution in [0.2, 0.25) is 0 Å². The van der Waals surface area contributed by atoms with E-state index in [9.17, 15) is 28.8 Å². The maximum Gasteiger partial charge on any atom is 1.00 e. The number of phosphoric ester groups is 1. The molecule has 0 amide bonds. The number of carbonyl (C=O) groups excluding carboxylic acids is 2. The number of rotatable bonds is 7. The smallest absolute Gasteiger partial charge is 1.00 e. The summed E-state index contributed by atoms with van der Waals surface area (Å²) in [5, 5.41) is 26.5. The minimum atomic E-state index is -5.11. The molecule has 0 radical (unpaired) electrons. The Balaban J connectivity index is -0.0000000208. The maximum atomic E-state index is 11.2. The Bertz CT molecular complexity index is 733. The number of aliphatic hydroxyl groups is 1. The van der Waals surface area contributed by atoms with Gasteiger partial charge in [-0.3, -0.25) is 28.4 Å². The largest absolute Gasteiger partial charge is 1.00 e. The molecule has 0 rings (SSSR count). The van der Waals surface area contributed by atoms with Gasteiger partial charge in [-0.05, 0) is 0 Å². The van der Waals surface area contributed by atoms with E-state index in [-0.39, 0.29) is 220 Å². The van der Waals surface area contributed by atoms with E-state index in [2.05, 4.69) is 9.05 Å². The van der Waals surface area contributed by atoms with Crippen LogP contribution < -0.4 is 201 Å². The van der Waals surface area contributed by atoms with Gasteiger partial charge < -0.3 is 43.9 Å². The van der Waals surface area contributed by atoms with E-state index in [1.807, 2.05) is 0 Å². The molecule has 15 nitrogen and oxygen atoms in total. The van der Waals surface area contributed by atoms with Gasteiger partial charge in [0.15, 0.2) is 5.60 Å². The van der Waals surface area contributed by atoms with Crippen molar-refractivity contribution in [3.8, 4) is 0 Å². The van der Waals surface area contributed by atoms with Crippen molar-refractivity contribution in [1.82, 2.24) is 0 Å². The average molecular weight is 627 g/mol. The summed E-state index contributed by atoms with van der Waals surface area (Å²) in [6.07, 6.45) is -2.78. The number of phosphoric acid groups is 1. The van der Waals surface area contributed by atoms with Crippen LogP contribution in [0.4, 0.5) is 0 Å². The molecule has 25 heteroatoms. The van der Waals surface area contributed by atoms with Crippen LogP contribution in [0, 0.1) is 0 Å². The summed E-state index contributed by atoms with van der Waals surface area (Å²) in [5.41, 5.74) is -3.03. The SMILES string of the molecule is CC(=O)OP(=O)(O)OC(=O)CC(O)(CC(=O)O)C(=O)O.Cl.O=S(=O)(O)O.[Cl-].[H-].[H-].[H-].[H-].[H-].[K+].[Li+].[Na+].[Na+].[Na+].[Na+]. The van der Waals surface area contributed by atoms with E-state index >= 15 is 0 Å². The molecule has 172 valence electrons. The first-order valence-electron chi connectivity index (χ1n) is 5.51. The summed E-state index contributed by atoms with van der Waals surface area (Å²) >= 11 is 0. The van der Waals surface area contributed by atoms with Crippen molar-refractivity contribution in [2.75, 3.05) is 0 Å². The maximum absolute atomic E-state index is 11.2. The summed E-state index contributed by atoms with van der Waals surface area (Å²) in [6.45, 7) is 0.745. The molecule has 0 saturated heterocycles. The van der Waals surface area contributed by atoms with Crippen molar-refractivity contribution >= 4 is 54.5 Å². The fraction of sp³-hybridized carbons (Fsp3) is 0.500. The van der Waals surface area contributed by atoms with E-state index in [4.69, 9.17) is 32.6 Å². The number of carbonyl (C=O) groups is 4. The van der Waals surface area contributed by atoms with Gasteiger partial charge in [0.2, 0.25) is 0 Å². The van der Waals surface area contributed by atoms with Gasteiger partial charge in [-0.25, -0.2) is 9.36 Å². The molecular formula is C8H19Cl2KLiNa4O15PS. The minimum Gasteiger partial charge on any atom is -1.00 e. The van der Waals surface area contributed by atoms with Crippen molar-refractivity contribution in [3.05, 3.63) is 0 Å². The minimum absolute atomic E-state index is 0. The van der Waals surface area contributed by atoms with Crippen molar-refractivity contribution in [2.24, 2.45) is 0 Å². The Morgan fingerprint density at radius 1 is 0.970 bits per heavy atom. The second-order valence-electron chi connectivity index (χ2n) is 4.05. The van der Waals surface area contributed by atoms with Crippen molar-refractivity contribution < 1.29 is 279 Å². The summed E-state index contributed by atoms with van der Waals surface area (Å²) in [6, 6.07) is 0. The predicted octanol–water partition coefficient (Wildman–Crippen LogP) is -21.8. The van der Waals surface area contributed by atoms with Crippen LogP contribution in [0.5, 0.6) is 0 Å².